The first-order valence-corrected chi connectivity index (χ1v) is 6.57. The lowest BCUT2D eigenvalue weighted by molar-refractivity contribution is -0.536. The first kappa shape index (κ1) is 17.5. The van der Waals surface area contributed by atoms with Crippen LogP contribution in [0, 0.1) is 27.2 Å². The van der Waals surface area contributed by atoms with Crippen molar-refractivity contribution in [2.45, 2.75) is 18.9 Å². The van der Waals surface area contributed by atoms with Crippen LogP contribution in [-0.4, -0.2) is 20.6 Å². The van der Waals surface area contributed by atoms with Crippen molar-refractivity contribution in [2.24, 2.45) is 0 Å². The summed E-state index contributed by atoms with van der Waals surface area (Å²) in [6, 6.07) is 10.3. The third kappa shape index (κ3) is 4.23. The number of nitro groups is 2. The summed E-state index contributed by atoms with van der Waals surface area (Å²) in [4.78, 5) is 30.3. The molecule has 116 valence electrons. The number of hydrogen-bond acceptors (Lipinski definition) is 5. The van der Waals surface area contributed by atoms with Gasteiger partial charge in [-0.1, -0.05) is 35.9 Å². The van der Waals surface area contributed by atoms with Gasteiger partial charge in [-0.3, -0.25) is 25.0 Å². The Balaban J connectivity index is 0.000000287. The molecule has 1 aromatic rings. The lowest BCUT2D eigenvalue weighted by atomic mass is 9.92. The number of allylic oxidation sites excluding steroid dienone is 1. The predicted molar refractivity (Wildman–Crippen MR) is 80.6 cm³/mol. The van der Waals surface area contributed by atoms with Crippen molar-refractivity contribution in [3.8, 4) is 0 Å². The maximum absolute atomic E-state index is 10.9. The van der Waals surface area contributed by atoms with Gasteiger partial charge < -0.3 is 0 Å². The largest absolute Gasteiger partial charge is 0.316 e. The van der Waals surface area contributed by atoms with E-state index in [9.17, 15) is 25.0 Å². The lowest BCUT2D eigenvalue weighted by Gasteiger charge is -2.17. The van der Waals surface area contributed by atoms with Crippen LogP contribution >= 0.6 is 11.6 Å². The van der Waals surface area contributed by atoms with Crippen LogP contribution in [0.1, 0.15) is 12.0 Å². The molecule has 1 aliphatic rings. The van der Waals surface area contributed by atoms with E-state index in [0.29, 0.717) is 0 Å². The molecule has 0 spiro atoms. The summed E-state index contributed by atoms with van der Waals surface area (Å²) in [6.07, 6.45) is 2.35. The van der Waals surface area contributed by atoms with E-state index >= 15 is 0 Å². The molecule has 1 atom stereocenters. The van der Waals surface area contributed by atoms with E-state index < -0.39 is 27.0 Å². The SMILES string of the molecule is Cc1ccccc1.O=C(Cl)C1([N+](=O)[O-])C=CC([N+](=O)[O-])=CC1. The van der Waals surface area contributed by atoms with E-state index in [1.165, 1.54) is 5.56 Å². The quantitative estimate of drug-likeness (QED) is 0.483. The Bertz CT molecular complexity index is 626. The van der Waals surface area contributed by atoms with Crippen molar-refractivity contribution in [3.05, 3.63) is 80.0 Å². The molecule has 0 fully saturated rings. The Labute approximate surface area is 131 Å². The predicted octanol–water partition coefficient (Wildman–Crippen LogP) is 2.88. The van der Waals surface area contributed by atoms with Gasteiger partial charge in [0.05, 0.1) is 11.3 Å². The number of nitrogens with zero attached hydrogens (tertiary/aromatic N) is 2. The van der Waals surface area contributed by atoms with Gasteiger partial charge in [-0.15, -0.1) is 0 Å². The Kier molecular flexibility index (Phi) is 5.94. The van der Waals surface area contributed by atoms with Crippen LogP contribution in [0.2, 0.25) is 0 Å². The van der Waals surface area contributed by atoms with Crippen molar-refractivity contribution in [2.75, 3.05) is 0 Å². The van der Waals surface area contributed by atoms with Gasteiger partial charge in [0.1, 0.15) is 0 Å². The highest BCUT2D eigenvalue weighted by molar-refractivity contribution is 6.65. The van der Waals surface area contributed by atoms with E-state index in [2.05, 4.69) is 19.1 Å². The van der Waals surface area contributed by atoms with Gasteiger partial charge in [0.25, 0.3) is 5.70 Å². The molecule has 8 heteroatoms. The summed E-state index contributed by atoms with van der Waals surface area (Å²) in [5.74, 6) is 0. The van der Waals surface area contributed by atoms with Crippen LogP contribution < -0.4 is 0 Å². The minimum atomic E-state index is -2.07. The van der Waals surface area contributed by atoms with Crippen molar-refractivity contribution in [3.63, 3.8) is 0 Å². The van der Waals surface area contributed by atoms with E-state index in [1.54, 1.807) is 0 Å². The normalized spacial score (nSPS) is 19.5. The van der Waals surface area contributed by atoms with Crippen LogP contribution in [0.5, 0.6) is 0 Å². The fourth-order valence-electron chi connectivity index (χ4n) is 1.64. The molecule has 0 heterocycles. The Hall–Kier alpha value is -2.54. The van der Waals surface area contributed by atoms with E-state index in [0.717, 1.165) is 18.2 Å². The smallest absolute Gasteiger partial charge is 0.273 e. The summed E-state index contributed by atoms with van der Waals surface area (Å²) < 4.78 is 0. The summed E-state index contributed by atoms with van der Waals surface area (Å²) in [6.45, 7) is 2.08. The molecule has 0 amide bonds. The van der Waals surface area contributed by atoms with Gasteiger partial charge in [-0.05, 0) is 18.5 Å². The van der Waals surface area contributed by atoms with Gasteiger partial charge in [-0.25, -0.2) is 0 Å². The van der Waals surface area contributed by atoms with Crippen molar-refractivity contribution in [1.29, 1.82) is 0 Å². The second-order valence-corrected chi connectivity index (χ2v) is 4.88. The molecule has 1 aliphatic carbocycles. The molecule has 0 aliphatic heterocycles. The van der Waals surface area contributed by atoms with Gasteiger partial charge >= 0.3 is 10.8 Å². The molecule has 0 radical (unpaired) electrons. The van der Waals surface area contributed by atoms with Gasteiger partial charge in [0.15, 0.2) is 0 Å². The molecule has 1 aromatic carbocycles. The van der Waals surface area contributed by atoms with E-state index in [-0.39, 0.29) is 5.70 Å². The number of aryl methyl sites for hydroxylation is 1. The average molecular weight is 325 g/mol. The van der Waals surface area contributed by atoms with E-state index in [4.69, 9.17) is 11.6 Å². The molecule has 7 nitrogen and oxygen atoms in total. The van der Waals surface area contributed by atoms with Crippen molar-refractivity contribution >= 4 is 16.8 Å². The number of halogens is 1. The fourth-order valence-corrected chi connectivity index (χ4v) is 1.85. The van der Waals surface area contributed by atoms with Crippen LogP contribution in [0.25, 0.3) is 0 Å². The third-order valence-corrected chi connectivity index (χ3v) is 3.30. The molecular formula is C14H13ClN2O5. The Morgan fingerprint density at radius 3 is 2.09 bits per heavy atom. The highest BCUT2D eigenvalue weighted by Gasteiger charge is 2.49. The molecule has 0 saturated carbocycles. The maximum atomic E-state index is 10.9. The number of carbonyl (C=O) groups excluding carboxylic acids is 1. The van der Waals surface area contributed by atoms with Crippen LogP contribution in [-0.2, 0) is 4.79 Å². The third-order valence-electron chi connectivity index (χ3n) is 2.97. The van der Waals surface area contributed by atoms with Crippen molar-refractivity contribution < 1.29 is 14.6 Å². The zero-order valence-corrected chi connectivity index (χ0v) is 12.4. The lowest BCUT2D eigenvalue weighted by Crippen LogP contribution is -2.43. The van der Waals surface area contributed by atoms with Crippen LogP contribution in [0.15, 0.2) is 54.3 Å². The fraction of sp³-hybridized carbons (Fsp3) is 0.214. The summed E-state index contributed by atoms with van der Waals surface area (Å²) >= 11 is 5.10. The van der Waals surface area contributed by atoms with Crippen LogP contribution in [0.4, 0.5) is 0 Å². The molecular weight excluding hydrogens is 312 g/mol. The average Bonchev–Trinajstić information content (AvgIpc) is 2.48. The molecule has 1 unspecified atom stereocenters. The zero-order valence-electron chi connectivity index (χ0n) is 11.6. The molecule has 0 aromatic heterocycles. The van der Waals surface area contributed by atoms with Gasteiger partial charge in [0.2, 0.25) is 0 Å². The molecule has 0 saturated heterocycles. The number of benzene rings is 1. The molecule has 2 rings (SSSR count). The number of carbonyl (C=O) groups is 1. The molecule has 0 bridgehead atoms. The van der Waals surface area contributed by atoms with Gasteiger partial charge in [0, 0.05) is 23.2 Å². The molecule has 0 N–H and O–H groups in total. The number of rotatable bonds is 3. The first-order chi connectivity index (χ1) is 10.3. The minimum Gasteiger partial charge on any atom is -0.273 e. The van der Waals surface area contributed by atoms with Crippen LogP contribution in [0.3, 0.4) is 0 Å². The minimum absolute atomic E-state index is 0.287. The topological polar surface area (TPSA) is 103 Å². The number of hydrogen-bond donors (Lipinski definition) is 0. The summed E-state index contributed by atoms with van der Waals surface area (Å²) in [5, 5.41) is 19.8. The summed E-state index contributed by atoms with van der Waals surface area (Å²) in [7, 11) is 0. The van der Waals surface area contributed by atoms with Crippen molar-refractivity contribution in [1.82, 2.24) is 0 Å². The molecule has 22 heavy (non-hydrogen) atoms. The monoisotopic (exact) mass is 324 g/mol. The van der Waals surface area contributed by atoms with E-state index in [1.807, 2.05) is 18.2 Å². The summed E-state index contributed by atoms with van der Waals surface area (Å²) in [5.41, 5.74) is -1.03. The highest BCUT2D eigenvalue weighted by Crippen LogP contribution is 2.26. The zero-order chi connectivity index (χ0) is 16.8. The Morgan fingerprint density at radius 1 is 1.23 bits per heavy atom. The maximum Gasteiger partial charge on any atom is 0.316 e. The Morgan fingerprint density at radius 2 is 1.82 bits per heavy atom. The van der Waals surface area contributed by atoms with Gasteiger partial charge in [-0.2, -0.15) is 0 Å². The first-order valence-electron chi connectivity index (χ1n) is 6.19. The second-order valence-electron chi connectivity index (χ2n) is 4.53. The second kappa shape index (κ2) is 7.46. The standard InChI is InChI=1S/C7H5ClN2O5.C7H8/c8-6(11)7(10(14)15)3-1-5(2-4-7)9(12)13;1-7-5-3-2-4-6-7/h1-3H,4H2;2-6H,1H3. The highest BCUT2D eigenvalue weighted by atomic mass is 35.5.